The Balaban J connectivity index is 1.84. The molecular weight excluding hydrogens is 244 g/mol. The molecule has 3 rings (SSSR count). The van der Waals surface area contributed by atoms with E-state index in [1.54, 1.807) is 0 Å². The fourth-order valence-corrected chi connectivity index (χ4v) is 4.18. The van der Waals surface area contributed by atoms with Gasteiger partial charge in [0.2, 0.25) is 0 Å². The minimum atomic E-state index is 0.535. The third kappa shape index (κ3) is 2.58. The Morgan fingerprint density at radius 3 is 2.85 bits per heavy atom. The third-order valence-corrected chi connectivity index (χ3v) is 5.40. The molecule has 2 heteroatoms. The molecule has 1 aromatic carbocycles. The summed E-state index contributed by atoms with van der Waals surface area (Å²) in [7, 11) is 2.09. The van der Waals surface area contributed by atoms with Gasteiger partial charge in [-0.1, -0.05) is 44.4 Å². The van der Waals surface area contributed by atoms with Crippen molar-refractivity contribution in [3.8, 4) is 0 Å². The summed E-state index contributed by atoms with van der Waals surface area (Å²) >= 11 is 0. The van der Waals surface area contributed by atoms with Gasteiger partial charge in [-0.2, -0.15) is 0 Å². The van der Waals surface area contributed by atoms with Gasteiger partial charge < -0.3 is 10.2 Å². The van der Waals surface area contributed by atoms with E-state index in [2.05, 4.69) is 48.5 Å². The highest BCUT2D eigenvalue weighted by Gasteiger charge is 2.31. The summed E-state index contributed by atoms with van der Waals surface area (Å²) in [6, 6.07) is 10.3. The monoisotopic (exact) mass is 272 g/mol. The lowest BCUT2D eigenvalue weighted by Crippen LogP contribution is -2.44. The lowest BCUT2D eigenvalue weighted by molar-refractivity contribution is 0.297. The van der Waals surface area contributed by atoms with Crippen molar-refractivity contribution >= 4 is 5.69 Å². The first-order chi connectivity index (χ1) is 9.83. The van der Waals surface area contributed by atoms with Gasteiger partial charge in [0, 0.05) is 24.3 Å². The van der Waals surface area contributed by atoms with Crippen LogP contribution >= 0.6 is 0 Å². The van der Waals surface area contributed by atoms with Crippen LogP contribution in [0.5, 0.6) is 0 Å². The van der Waals surface area contributed by atoms with Crippen molar-refractivity contribution in [3.05, 3.63) is 29.8 Å². The number of hydrogen-bond acceptors (Lipinski definition) is 2. The lowest BCUT2D eigenvalue weighted by Gasteiger charge is -2.43. The third-order valence-electron chi connectivity index (χ3n) is 5.40. The Hall–Kier alpha value is -1.02. The SMILES string of the molecule is CCC1CCCC(N2CCC(NC)c3ccccc32)C1. The fraction of sp³-hybridized carbons (Fsp3) is 0.667. The Labute approximate surface area is 123 Å². The quantitative estimate of drug-likeness (QED) is 0.890. The van der Waals surface area contributed by atoms with Crippen LogP contribution in [0, 0.1) is 5.92 Å². The van der Waals surface area contributed by atoms with Gasteiger partial charge in [0.05, 0.1) is 0 Å². The molecule has 0 spiro atoms. The largest absolute Gasteiger partial charge is 0.368 e. The van der Waals surface area contributed by atoms with E-state index < -0.39 is 0 Å². The van der Waals surface area contributed by atoms with Gasteiger partial charge in [0.15, 0.2) is 0 Å². The van der Waals surface area contributed by atoms with E-state index in [9.17, 15) is 0 Å². The molecule has 1 aromatic rings. The molecule has 1 N–H and O–H groups in total. The van der Waals surface area contributed by atoms with Gasteiger partial charge in [-0.3, -0.25) is 0 Å². The first kappa shape index (κ1) is 13.9. The van der Waals surface area contributed by atoms with E-state index >= 15 is 0 Å². The van der Waals surface area contributed by atoms with Gasteiger partial charge in [0.1, 0.15) is 0 Å². The number of benzene rings is 1. The van der Waals surface area contributed by atoms with E-state index in [4.69, 9.17) is 0 Å². The van der Waals surface area contributed by atoms with Crippen molar-refractivity contribution in [1.29, 1.82) is 0 Å². The molecule has 0 aromatic heterocycles. The smallest absolute Gasteiger partial charge is 0.0417 e. The second-order valence-electron chi connectivity index (χ2n) is 6.48. The molecule has 1 heterocycles. The standard InChI is InChI=1S/C18H28N2/c1-3-14-7-6-8-15(13-14)20-12-11-17(19-2)16-9-4-5-10-18(16)20/h4-5,9-10,14-15,17,19H,3,6-8,11-13H2,1-2H3. The Morgan fingerprint density at radius 2 is 2.05 bits per heavy atom. The minimum Gasteiger partial charge on any atom is -0.368 e. The highest BCUT2D eigenvalue weighted by atomic mass is 15.2. The molecule has 2 aliphatic rings. The van der Waals surface area contributed by atoms with E-state index in [0.29, 0.717) is 6.04 Å². The van der Waals surface area contributed by atoms with Crippen molar-refractivity contribution in [1.82, 2.24) is 5.32 Å². The minimum absolute atomic E-state index is 0.535. The van der Waals surface area contributed by atoms with Gasteiger partial charge in [-0.15, -0.1) is 0 Å². The highest BCUT2D eigenvalue weighted by molar-refractivity contribution is 5.57. The van der Waals surface area contributed by atoms with Crippen molar-refractivity contribution in [2.24, 2.45) is 5.92 Å². The van der Waals surface area contributed by atoms with Gasteiger partial charge in [-0.25, -0.2) is 0 Å². The van der Waals surface area contributed by atoms with Crippen molar-refractivity contribution in [2.75, 3.05) is 18.5 Å². The summed E-state index contributed by atoms with van der Waals surface area (Å²) in [5.74, 6) is 0.947. The zero-order valence-electron chi connectivity index (χ0n) is 12.9. The normalized spacial score (nSPS) is 30.1. The molecular formula is C18H28N2. The Bertz CT molecular complexity index is 443. The van der Waals surface area contributed by atoms with Crippen molar-refractivity contribution in [3.63, 3.8) is 0 Å². The number of para-hydroxylation sites is 1. The molecule has 1 aliphatic heterocycles. The maximum atomic E-state index is 3.48. The van der Waals surface area contributed by atoms with Crippen LogP contribution in [0.25, 0.3) is 0 Å². The first-order valence-corrected chi connectivity index (χ1v) is 8.36. The number of nitrogens with zero attached hydrogens (tertiary/aromatic N) is 1. The number of rotatable bonds is 3. The maximum Gasteiger partial charge on any atom is 0.0417 e. The van der Waals surface area contributed by atoms with E-state index in [0.717, 1.165) is 12.0 Å². The molecule has 3 atom stereocenters. The van der Waals surface area contributed by atoms with Crippen LogP contribution in [0.4, 0.5) is 5.69 Å². The van der Waals surface area contributed by atoms with E-state index in [1.165, 1.54) is 56.3 Å². The van der Waals surface area contributed by atoms with Crippen molar-refractivity contribution in [2.45, 2.75) is 57.5 Å². The lowest BCUT2D eigenvalue weighted by atomic mass is 9.82. The van der Waals surface area contributed by atoms with Gasteiger partial charge in [-0.05, 0) is 43.9 Å². The zero-order chi connectivity index (χ0) is 13.9. The number of fused-ring (bicyclic) bond motifs is 1. The summed E-state index contributed by atoms with van der Waals surface area (Å²) < 4.78 is 0. The maximum absolute atomic E-state index is 3.48. The predicted molar refractivity (Wildman–Crippen MR) is 86.2 cm³/mol. The molecule has 20 heavy (non-hydrogen) atoms. The van der Waals surface area contributed by atoms with Crippen LogP contribution in [0.1, 0.15) is 57.1 Å². The summed E-state index contributed by atoms with van der Waals surface area (Å²) in [5.41, 5.74) is 2.99. The molecule has 0 bridgehead atoms. The summed E-state index contributed by atoms with van der Waals surface area (Å²) in [6.07, 6.45) is 8.23. The van der Waals surface area contributed by atoms with Gasteiger partial charge in [0.25, 0.3) is 0 Å². The van der Waals surface area contributed by atoms with Crippen LogP contribution in [0.2, 0.25) is 0 Å². The van der Waals surface area contributed by atoms with Gasteiger partial charge >= 0.3 is 0 Å². The Morgan fingerprint density at radius 1 is 1.20 bits per heavy atom. The molecule has 1 saturated carbocycles. The average molecular weight is 272 g/mol. The topological polar surface area (TPSA) is 15.3 Å². The van der Waals surface area contributed by atoms with Crippen LogP contribution in [0.3, 0.4) is 0 Å². The number of nitrogens with one attached hydrogen (secondary N) is 1. The second-order valence-corrected chi connectivity index (χ2v) is 6.48. The predicted octanol–water partition coefficient (Wildman–Crippen LogP) is 4.13. The van der Waals surface area contributed by atoms with Crippen LogP contribution in [0.15, 0.2) is 24.3 Å². The average Bonchev–Trinajstić information content (AvgIpc) is 2.54. The number of anilines is 1. The van der Waals surface area contributed by atoms with Crippen LogP contribution in [-0.2, 0) is 0 Å². The van der Waals surface area contributed by atoms with Crippen molar-refractivity contribution < 1.29 is 0 Å². The molecule has 0 amide bonds. The highest BCUT2D eigenvalue weighted by Crippen LogP contribution is 2.39. The van der Waals surface area contributed by atoms with Crippen LogP contribution < -0.4 is 10.2 Å². The summed E-state index contributed by atoms with van der Waals surface area (Å²) in [4.78, 5) is 2.71. The molecule has 2 nitrogen and oxygen atoms in total. The molecule has 3 unspecified atom stereocenters. The second kappa shape index (κ2) is 6.17. The summed E-state index contributed by atoms with van der Waals surface area (Å²) in [5, 5.41) is 3.48. The van der Waals surface area contributed by atoms with E-state index in [1.807, 2.05) is 0 Å². The number of hydrogen-bond donors (Lipinski definition) is 1. The first-order valence-electron chi connectivity index (χ1n) is 8.36. The zero-order valence-corrected chi connectivity index (χ0v) is 12.9. The molecule has 1 fully saturated rings. The molecule has 0 saturated heterocycles. The van der Waals surface area contributed by atoms with Crippen LogP contribution in [-0.4, -0.2) is 19.6 Å². The molecule has 1 aliphatic carbocycles. The summed E-state index contributed by atoms with van der Waals surface area (Å²) in [6.45, 7) is 3.57. The fourth-order valence-electron chi connectivity index (χ4n) is 4.18. The molecule has 0 radical (unpaired) electrons. The molecule has 110 valence electrons. The van der Waals surface area contributed by atoms with E-state index in [-0.39, 0.29) is 0 Å². The Kier molecular flexibility index (Phi) is 4.30.